The minimum atomic E-state index is -0.0987. The van der Waals surface area contributed by atoms with Gasteiger partial charge in [-0.1, -0.05) is 29.3 Å². The second-order valence-electron chi connectivity index (χ2n) is 4.24. The molecule has 0 saturated heterocycles. The van der Waals surface area contributed by atoms with E-state index >= 15 is 0 Å². The largest absolute Gasteiger partial charge is 0.395 e. The van der Waals surface area contributed by atoms with Gasteiger partial charge in [-0.15, -0.1) is 0 Å². The summed E-state index contributed by atoms with van der Waals surface area (Å²) in [6, 6.07) is 5.05. The number of carbonyl (C=O) groups excluding carboxylic acids is 1. The van der Waals surface area contributed by atoms with Crippen molar-refractivity contribution < 1.29 is 9.90 Å². The van der Waals surface area contributed by atoms with Crippen LogP contribution in [0.4, 0.5) is 0 Å². The van der Waals surface area contributed by atoms with Crippen LogP contribution in [0.25, 0.3) is 0 Å². The first-order valence-electron chi connectivity index (χ1n) is 5.85. The van der Waals surface area contributed by atoms with E-state index in [-0.39, 0.29) is 30.2 Å². The third kappa shape index (κ3) is 5.22. The number of aliphatic hydroxyl groups excluding tert-OH is 1. The van der Waals surface area contributed by atoms with Crippen LogP contribution < -0.4 is 5.32 Å². The third-order valence-corrected chi connectivity index (χ3v) is 4.68. The first-order chi connectivity index (χ1) is 8.97. The Kier molecular flexibility index (Phi) is 7.00. The molecule has 0 aromatic heterocycles. The molecule has 1 amide bonds. The lowest BCUT2D eigenvalue weighted by atomic mass is 10.1. The van der Waals surface area contributed by atoms with E-state index in [1.165, 1.54) is 11.8 Å². The van der Waals surface area contributed by atoms with E-state index in [4.69, 9.17) is 28.3 Å². The summed E-state index contributed by atoms with van der Waals surface area (Å²) < 4.78 is 0. The first-order valence-corrected chi connectivity index (χ1v) is 7.89. The Bertz CT molecular complexity index is 439. The lowest BCUT2D eigenvalue weighted by Crippen LogP contribution is -2.41. The van der Waals surface area contributed by atoms with E-state index in [9.17, 15) is 4.79 Å². The molecule has 0 bridgehead atoms. The summed E-state index contributed by atoms with van der Waals surface area (Å²) in [4.78, 5) is 11.9. The fraction of sp³-hybridized carbons (Fsp3) is 0.462. The maximum Gasteiger partial charge on any atom is 0.224 e. The molecule has 3 nitrogen and oxygen atoms in total. The zero-order valence-electron chi connectivity index (χ0n) is 10.8. The number of hydrogen-bond donors (Lipinski definition) is 2. The summed E-state index contributed by atoms with van der Waals surface area (Å²) in [6.07, 6.45) is 2.15. The van der Waals surface area contributed by atoms with Crippen LogP contribution in [0.3, 0.4) is 0 Å². The lowest BCUT2D eigenvalue weighted by molar-refractivity contribution is -0.121. The fourth-order valence-corrected chi connectivity index (χ4v) is 2.62. The van der Waals surface area contributed by atoms with E-state index in [0.29, 0.717) is 10.0 Å². The molecule has 0 aliphatic carbocycles. The second-order valence-corrected chi connectivity index (χ2v) is 6.13. The monoisotopic (exact) mass is 321 g/mol. The van der Waals surface area contributed by atoms with Gasteiger partial charge in [0.05, 0.1) is 23.1 Å². The Morgan fingerprint density at radius 1 is 1.42 bits per heavy atom. The van der Waals surface area contributed by atoms with E-state index in [1.54, 1.807) is 18.2 Å². The Balaban J connectivity index is 2.57. The van der Waals surface area contributed by atoms with Gasteiger partial charge in [0, 0.05) is 11.3 Å². The van der Waals surface area contributed by atoms with Gasteiger partial charge in [-0.25, -0.2) is 0 Å². The van der Waals surface area contributed by atoms with Gasteiger partial charge in [-0.05, 0) is 30.9 Å². The average Bonchev–Trinajstić information content (AvgIpc) is 2.35. The van der Waals surface area contributed by atoms with Crippen LogP contribution in [0.2, 0.25) is 10.0 Å². The predicted octanol–water partition coefficient (Wildman–Crippen LogP) is 2.76. The third-order valence-electron chi connectivity index (χ3n) is 2.78. The summed E-state index contributed by atoms with van der Waals surface area (Å²) >= 11 is 13.2. The highest BCUT2D eigenvalue weighted by Crippen LogP contribution is 2.22. The van der Waals surface area contributed by atoms with Gasteiger partial charge in [0.25, 0.3) is 0 Å². The summed E-state index contributed by atoms with van der Waals surface area (Å²) in [7, 11) is 0. The van der Waals surface area contributed by atoms with Crippen LogP contribution in [0, 0.1) is 0 Å². The number of amides is 1. The highest BCUT2D eigenvalue weighted by Gasteiger charge is 2.17. The van der Waals surface area contributed by atoms with Gasteiger partial charge in [-0.2, -0.15) is 11.8 Å². The zero-order chi connectivity index (χ0) is 14.4. The Morgan fingerprint density at radius 2 is 2.11 bits per heavy atom. The molecule has 0 saturated carbocycles. The average molecular weight is 322 g/mol. The van der Waals surface area contributed by atoms with Crippen molar-refractivity contribution in [3.8, 4) is 0 Å². The van der Waals surface area contributed by atoms with E-state index in [2.05, 4.69) is 5.32 Å². The van der Waals surface area contributed by atoms with E-state index < -0.39 is 0 Å². The van der Waals surface area contributed by atoms with Crippen molar-refractivity contribution in [1.29, 1.82) is 0 Å². The maximum absolute atomic E-state index is 11.9. The number of thioether (sulfide) groups is 1. The number of nitrogens with one attached hydrogen (secondary N) is 1. The second kappa shape index (κ2) is 8.00. The van der Waals surface area contributed by atoms with Gasteiger partial charge in [0.15, 0.2) is 0 Å². The summed E-state index contributed by atoms with van der Waals surface area (Å²) in [5, 5.41) is 12.9. The molecule has 0 aliphatic rings. The van der Waals surface area contributed by atoms with Gasteiger partial charge in [0.1, 0.15) is 0 Å². The normalized spacial score (nSPS) is 13.9. The molecule has 1 aromatic rings. The molecule has 1 aromatic carbocycles. The molecule has 0 spiro atoms. The highest BCUT2D eigenvalue weighted by molar-refractivity contribution is 7.99. The van der Waals surface area contributed by atoms with E-state index in [1.807, 2.05) is 13.2 Å². The van der Waals surface area contributed by atoms with Crippen LogP contribution in [0.1, 0.15) is 12.5 Å². The van der Waals surface area contributed by atoms with Gasteiger partial charge >= 0.3 is 0 Å². The SMILES string of the molecule is CSC(CO)C(C)NC(=O)Cc1ccc(Cl)c(Cl)c1. The van der Waals surface area contributed by atoms with Crippen LogP contribution in [0.15, 0.2) is 18.2 Å². The molecular weight excluding hydrogens is 305 g/mol. The van der Waals surface area contributed by atoms with Gasteiger partial charge in [0.2, 0.25) is 5.91 Å². The van der Waals surface area contributed by atoms with Crippen molar-refractivity contribution in [3.63, 3.8) is 0 Å². The van der Waals surface area contributed by atoms with Crippen LogP contribution in [-0.4, -0.2) is 35.2 Å². The summed E-state index contributed by atoms with van der Waals surface area (Å²) in [5.74, 6) is -0.0987. The molecule has 2 atom stereocenters. The van der Waals surface area contributed by atoms with Crippen LogP contribution >= 0.6 is 35.0 Å². The van der Waals surface area contributed by atoms with Crippen LogP contribution in [0.5, 0.6) is 0 Å². The molecule has 6 heteroatoms. The number of rotatable bonds is 6. The Labute approximate surface area is 127 Å². The molecule has 0 aliphatic heterocycles. The molecule has 0 fully saturated rings. The fourth-order valence-electron chi connectivity index (χ4n) is 1.67. The predicted molar refractivity (Wildman–Crippen MR) is 82.2 cm³/mol. The minimum Gasteiger partial charge on any atom is -0.395 e. The van der Waals surface area contributed by atoms with Crippen molar-refractivity contribution in [2.45, 2.75) is 24.6 Å². The summed E-state index contributed by atoms with van der Waals surface area (Å²) in [6.45, 7) is 1.92. The van der Waals surface area contributed by atoms with Crippen molar-refractivity contribution in [1.82, 2.24) is 5.32 Å². The molecule has 0 radical (unpaired) electrons. The van der Waals surface area contributed by atoms with Crippen molar-refractivity contribution in [2.75, 3.05) is 12.9 Å². The zero-order valence-corrected chi connectivity index (χ0v) is 13.1. The quantitative estimate of drug-likeness (QED) is 0.847. The summed E-state index contributed by atoms with van der Waals surface area (Å²) in [5.41, 5.74) is 0.809. The highest BCUT2D eigenvalue weighted by atomic mass is 35.5. The maximum atomic E-state index is 11.9. The molecule has 1 rings (SSSR count). The number of aliphatic hydroxyl groups is 1. The minimum absolute atomic E-state index is 0.00208. The number of carbonyl (C=O) groups is 1. The van der Waals surface area contributed by atoms with Crippen molar-refractivity contribution >= 4 is 40.9 Å². The number of halogens is 2. The molecule has 19 heavy (non-hydrogen) atoms. The molecule has 0 heterocycles. The molecular formula is C13H17Cl2NO2S. The van der Waals surface area contributed by atoms with Gasteiger partial charge in [-0.3, -0.25) is 4.79 Å². The van der Waals surface area contributed by atoms with Crippen molar-refractivity contribution in [2.24, 2.45) is 0 Å². The number of benzene rings is 1. The van der Waals surface area contributed by atoms with Crippen LogP contribution in [-0.2, 0) is 11.2 Å². The number of hydrogen-bond acceptors (Lipinski definition) is 3. The lowest BCUT2D eigenvalue weighted by Gasteiger charge is -2.21. The topological polar surface area (TPSA) is 49.3 Å². The standard InChI is InChI=1S/C13H17Cl2NO2S/c1-8(12(7-17)19-2)16-13(18)6-9-3-4-10(14)11(15)5-9/h3-5,8,12,17H,6-7H2,1-2H3,(H,16,18). The van der Waals surface area contributed by atoms with Crippen molar-refractivity contribution in [3.05, 3.63) is 33.8 Å². The van der Waals surface area contributed by atoms with E-state index in [0.717, 1.165) is 5.56 Å². The molecule has 2 unspecified atom stereocenters. The van der Waals surface area contributed by atoms with Gasteiger partial charge < -0.3 is 10.4 Å². The molecule has 2 N–H and O–H groups in total. The first kappa shape index (κ1) is 16.6. The molecule has 106 valence electrons. The smallest absolute Gasteiger partial charge is 0.224 e. The Hall–Kier alpha value is -0.420. The Morgan fingerprint density at radius 3 is 2.63 bits per heavy atom.